The first-order chi connectivity index (χ1) is 14.0. The number of carbonyl (C=O) groups excluding carboxylic acids is 2. The Labute approximate surface area is 183 Å². The van der Waals surface area contributed by atoms with Gasteiger partial charge in [-0.25, -0.2) is 4.79 Å². The van der Waals surface area contributed by atoms with Gasteiger partial charge in [0.05, 0.1) is 16.6 Å². The topological polar surface area (TPSA) is 64.6 Å². The van der Waals surface area contributed by atoms with E-state index in [-0.39, 0.29) is 18.5 Å². The number of hydrogen-bond donors (Lipinski definition) is 1. The van der Waals surface area contributed by atoms with E-state index >= 15 is 0 Å². The van der Waals surface area contributed by atoms with Crippen LogP contribution in [0.1, 0.15) is 59.5 Å². The molecule has 156 valence electrons. The number of ether oxygens (including phenoxy) is 2. The minimum atomic E-state index is -0.364. The summed E-state index contributed by atoms with van der Waals surface area (Å²) in [7, 11) is 0. The summed E-state index contributed by atoms with van der Waals surface area (Å²) in [6.07, 6.45) is 6.02. The molecule has 7 heteroatoms. The quantitative estimate of drug-likeness (QED) is 0.505. The van der Waals surface area contributed by atoms with E-state index in [4.69, 9.17) is 9.47 Å². The van der Waals surface area contributed by atoms with Crippen molar-refractivity contribution in [2.24, 2.45) is 0 Å². The van der Waals surface area contributed by atoms with Crippen molar-refractivity contribution in [1.29, 1.82) is 0 Å². The maximum absolute atomic E-state index is 12.5. The molecule has 1 aliphatic carbocycles. The van der Waals surface area contributed by atoms with Crippen LogP contribution in [0.5, 0.6) is 5.75 Å². The maximum atomic E-state index is 12.5. The van der Waals surface area contributed by atoms with Gasteiger partial charge in [-0.3, -0.25) is 4.79 Å². The molecule has 1 N–H and O–H groups in total. The fourth-order valence-electron chi connectivity index (χ4n) is 3.48. The molecule has 0 atom stereocenters. The molecule has 2 aromatic rings. The van der Waals surface area contributed by atoms with Crippen molar-refractivity contribution in [1.82, 2.24) is 0 Å². The summed E-state index contributed by atoms with van der Waals surface area (Å²) < 4.78 is 11.7. The highest BCUT2D eigenvalue weighted by Gasteiger charge is 2.27. The van der Waals surface area contributed by atoms with Gasteiger partial charge < -0.3 is 14.8 Å². The van der Waals surface area contributed by atoms with Crippen LogP contribution in [-0.2, 0) is 28.8 Å². The molecule has 0 bridgehead atoms. The van der Waals surface area contributed by atoms with E-state index in [2.05, 4.69) is 28.2 Å². The smallest absolute Gasteiger partial charge is 0.341 e. The molecule has 5 nitrogen and oxygen atoms in total. The van der Waals surface area contributed by atoms with E-state index in [9.17, 15) is 9.59 Å². The van der Waals surface area contributed by atoms with Crippen LogP contribution in [0, 0.1) is 0 Å². The van der Waals surface area contributed by atoms with Crippen molar-refractivity contribution in [3.63, 3.8) is 0 Å². The Kier molecular flexibility index (Phi) is 7.72. The number of hydrogen-bond acceptors (Lipinski definition) is 5. The summed E-state index contributed by atoms with van der Waals surface area (Å²) in [6, 6.07) is 5.90. The first kappa shape index (κ1) is 21.8. The van der Waals surface area contributed by atoms with Crippen molar-refractivity contribution in [3.05, 3.63) is 44.2 Å². The van der Waals surface area contributed by atoms with Crippen LogP contribution in [0.15, 0.2) is 22.7 Å². The molecule has 0 radical (unpaired) electrons. The number of thiophene rings is 1. The van der Waals surface area contributed by atoms with Crippen molar-refractivity contribution >= 4 is 44.1 Å². The summed E-state index contributed by atoms with van der Waals surface area (Å²) >= 11 is 4.98. The van der Waals surface area contributed by atoms with E-state index in [0.717, 1.165) is 48.6 Å². The lowest BCUT2D eigenvalue weighted by atomic mass is 9.95. The van der Waals surface area contributed by atoms with Gasteiger partial charge >= 0.3 is 5.97 Å². The predicted octanol–water partition coefficient (Wildman–Crippen LogP) is 5.54. The van der Waals surface area contributed by atoms with Gasteiger partial charge in [0.2, 0.25) is 0 Å². The number of fused-ring (bicyclic) bond motifs is 1. The average molecular weight is 480 g/mol. The van der Waals surface area contributed by atoms with Crippen molar-refractivity contribution in [3.8, 4) is 5.75 Å². The number of rotatable bonds is 8. The Balaban J connectivity index is 1.69. The second-order valence-corrected chi connectivity index (χ2v) is 8.95. The lowest BCUT2D eigenvalue weighted by Crippen LogP contribution is -2.21. The van der Waals surface area contributed by atoms with Gasteiger partial charge in [-0.05, 0) is 78.2 Å². The molecule has 0 spiro atoms. The van der Waals surface area contributed by atoms with E-state index in [1.54, 1.807) is 6.92 Å². The molecule has 0 saturated carbocycles. The molecule has 0 unspecified atom stereocenters. The Hall–Kier alpha value is -1.86. The Morgan fingerprint density at radius 1 is 1.21 bits per heavy atom. The zero-order chi connectivity index (χ0) is 20.8. The molecule has 1 heterocycles. The highest BCUT2D eigenvalue weighted by molar-refractivity contribution is 9.10. The summed E-state index contributed by atoms with van der Waals surface area (Å²) in [6.45, 7) is 4.10. The maximum Gasteiger partial charge on any atom is 0.341 e. The molecular weight excluding hydrogens is 454 g/mol. The van der Waals surface area contributed by atoms with Crippen molar-refractivity contribution in [2.45, 2.75) is 52.4 Å². The number of carbonyl (C=O) groups is 2. The van der Waals surface area contributed by atoms with Gasteiger partial charge in [-0.1, -0.05) is 19.4 Å². The van der Waals surface area contributed by atoms with Crippen LogP contribution >= 0.6 is 27.3 Å². The minimum Gasteiger partial charge on any atom is -0.483 e. The third kappa shape index (κ3) is 5.39. The molecule has 1 aromatic carbocycles. The van der Waals surface area contributed by atoms with Crippen LogP contribution in [0.25, 0.3) is 0 Å². The van der Waals surface area contributed by atoms with Crippen LogP contribution in [-0.4, -0.2) is 25.1 Å². The third-order valence-corrected chi connectivity index (χ3v) is 6.62. The van der Waals surface area contributed by atoms with Gasteiger partial charge in [0.1, 0.15) is 10.8 Å². The normalized spacial score (nSPS) is 12.9. The summed E-state index contributed by atoms with van der Waals surface area (Å²) in [5.74, 6) is -0.0350. The zero-order valence-electron chi connectivity index (χ0n) is 16.8. The monoisotopic (exact) mass is 479 g/mol. The van der Waals surface area contributed by atoms with E-state index in [0.29, 0.717) is 22.9 Å². The van der Waals surface area contributed by atoms with E-state index < -0.39 is 0 Å². The predicted molar refractivity (Wildman–Crippen MR) is 119 cm³/mol. The second-order valence-electron chi connectivity index (χ2n) is 6.99. The Morgan fingerprint density at radius 3 is 2.72 bits per heavy atom. The molecule has 1 aliphatic rings. The highest BCUT2D eigenvalue weighted by atomic mass is 79.9. The number of benzene rings is 1. The Morgan fingerprint density at radius 2 is 2.00 bits per heavy atom. The van der Waals surface area contributed by atoms with Gasteiger partial charge in [0, 0.05) is 4.88 Å². The second kappa shape index (κ2) is 10.3. The van der Waals surface area contributed by atoms with Crippen molar-refractivity contribution in [2.75, 3.05) is 18.5 Å². The summed E-state index contributed by atoms with van der Waals surface area (Å²) in [5.41, 5.74) is 2.77. The van der Waals surface area contributed by atoms with Gasteiger partial charge in [-0.15, -0.1) is 11.3 Å². The minimum absolute atomic E-state index is 0.128. The number of aryl methyl sites for hydroxylation is 2. The van der Waals surface area contributed by atoms with Crippen LogP contribution in [0.3, 0.4) is 0 Å². The largest absolute Gasteiger partial charge is 0.483 e. The molecule has 29 heavy (non-hydrogen) atoms. The number of nitrogens with one attached hydrogen (secondary N) is 1. The van der Waals surface area contributed by atoms with Crippen LogP contribution in [0.2, 0.25) is 0 Å². The van der Waals surface area contributed by atoms with Crippen LogP contribution in [0.4, 0.5) is 5.00 Å². The van der Waals surface area contributed by atoms with Gasteiger partial charge in [-0.2, -0.15) is 0 Å². The number of esters is 1. The molecular formula is C22H26BrNO4S. The SMILES string of the molecule is CCCc1ccc(OCC(=O)Nc2sc3c(c2C(=O)OCC)CCCC3)c(Br)c1. The molecule has 0 fully saturated rings. The molecule has 3 rings (SSSR count). The third-order valence-electron chi connectivity index (χ3n) is 4.80. The average Bonchev–Trinajstić information content (AvgIpc) is 3.05. The first-order valence-electron chi connectivity index (χ1n) is 10.1. The van der Waals surface area contributed by atoms with E-state index in [1.165, 1.54) is 21.8 Å². The molecule has 1 aromatic heterocycles. The number of halogens is 1. The highest BCUT2D eigenvalue weighted by Crippen LogP contribution is 2.38. The van der Waals surface area contributed by atoms with Gasteiger partial charge in [0.15, 0.2) is 6.61 Å². The fourth-order valence-corrected chi connectivity index (χ4v) is 5.32. The fraction of sp³-hybridized carbons (Fsp3) is 0.455. The molecule has 1 amide bonds. The van der Waals surface area contributed by atoms with E-state index in [1.807, 2.05) is 18.2 Å². The molecule has 0 saturated heterocycles. The summed E-state index contributed by atoms with van der Waals surface area (Å²) in [4.78, 5) is 26.2. The van der Waals surface area contributed by atoms with Gasteiger partial charge in [0.25, 0.3) is 5.91 Å². The Bertz CT molecular complexity index is 893. The number of anilines is 1. The lowest BCUT2D eigenvalue weighted by Gasteiger charge is -2.12. The zero-order valence-corrected chi connectivity index (χ0v) is 19.2. The first-order valence-corrected chi connectivity index (χ1v) is 11.7. The molecule has 0 aliphatic heterocycles. The standard InChI is InChI=1S/C22H26BrNO4S/c1-3-7-14-10-11-17(16(23)12-14)28-13-19(25)24-21-20(22(26)27-4-2)15-8-5-6-9-18(15)29-21/h10-12H,3-9,13H2,1-2H3,(H,24,25). The van der Waals surface area contributed by atoms with Crippen molar-refractivity contribution < 1.29 is 19.1 Å². The lowest BCUT2D eigenvalue weighted by molar-refractivity contribution is -0.118. The number of amides is 1. The van der Waals surface area contributed by atoms with Crippen LogP contribution < -0.4 is 10.1 Å². The summed E-state index contributed by atoms with van der Waals surface area (Å²) in [5, 5.41) is 3.44.